The summed E-state index contributed by atoms with van der Waals surface area (Å²) in [4.78, 5) is 22.3. The van der Waals surface area contributed by atoms with E-state index in [2.05, 4.69) is 10.4 Å². The van der Waals surface area contributed by atoms with E-state index in [0.717, 1.165) is 12.8 Å². The number of carboxylic acid groups (broad SMARTS) is 1. The normalized spacial score (nSPS) is 21.9. The van der Waals surface area contributed by atoms with Crippen LogP contribution in [0.4, 0.5) is 5.82 Å². The summed E-state index contributed by atoms with van der Waals surface area (Å²) >= 11 is 0. The third-order valence-electron chi connectivity index (χ3n) is 3.22. The summed E-state index contributed by atoms with van der Waals surface area (Å²) in [7, 11) is 0. The molecule has 7 heteroatoms. The zero-order valence-electron chi connectivity index (χ0n) is 11.4. The molecule has 110 valence electrons. The largest absolute Gasteiger partial charge is 0.480 e. The number of carbonyl (C=O) groups excluding carboxylic acids is 1. The minimum absolute atomic E-state index is 0.131. The molecule has 1 aliphatic heterocycles. The van der Waals surface area contributed by atoms with E-state index < -0.39 is 5.97 Å². The van der Waals surface area contributed by atoms with Gasteiger partial charge < -0.3 is 15.2 Å². The first-order chi connectivity index (χ1) is 9.52. The molecule has 0 radical (unpaired) electrons. The third kappa shape index (κ3) is 4.34. The van der Waals surface area contributed by atoms with Crippen LogP contribution in [0.2, 0.25) is 0 Å². The van der Waals surface area contributed by atoms with Gasteiger partial charge in [-0.05, 0) is 26.2 Å². The molecule has 0 saturated carbocycles. The van der Waals surface area contributed by atoms with Crippen molar-refractivity contribution in [3.8, 4) is 0 Å². The lowest BCUT2D eigenvalue weighted by Gasteiger charge is -2.10. The van der Waals surface area contributed by atoms with Crippen LogP contribution in [0.3, 0.4) is 0 Å². The first kappa shape index (κ1) is 14.5. The van der Waals surface area contributed by atoms with E-state index in [1.54, 1.807) is 6.07 Å². The molecule has 20 heavy (non-hydrogen) atoms. The SMILES string of the molecule is C[C@@H]1CC[C@H](CCC(=O)Nc2ccn(CC(=O)O)n2)O1. The lowest BCUT2D eigenvalue weighted by atomic mass is 10.1. The van der Waals surface area contributed by atoms with Crippen molar-refractivity contribution in [3.63, 3.8) is 0 Å². The summed E-state index contributed by atoms with van der Waals surface area (Å²) < 4.78 is 6.91. The molecule has 0 bridgehead atoms. The Morgan fingerprint density at radius 2 is 2.35 bits per heavy atom. The Morgan fingerprint density at radius 3 is 3.00 bits per heavy atom. The number of carboxylic acids is 1. The second kappa shape index (κ2) is 6.51. The monoisotopic (exact) mass is 281 g/mol. The van der Waals surface area contributed by atoms with Crippen molar-refractivity contribution in [3.05, 3.63) is 12.3 Å². The van der Waals surface area contributed by atoms with E-state index in [1.807, 2.05) is 6.92 Å². The summed E-state index contributed by atoms with van der Waals surface area (Å²) in [5.41, 5.74) is 0. The summed E-state index contributed by atoms with van der Waals surface area (Å²) in [5, 5.41) is 15.2. The van der Waals surface area contributed by atoms with Crippen LogP contribution in [0.25, 0.3) is 0 Å². The smallest absolute Gasteiger partial charge is 0.325 e. The molecule has 1 aliphatic rings. The fourth-order valence-electron chi connectivity index (χ4n) is 2.25. The van der Waals surface area contributed by atoms with Gasteiger partial charge in [0.15, 0.2) is 5.82 Å². The summed E-state index contributed by atoms with van der Waals surface area (Å²) in [6, 6.07) is 1.58. The minimum atomic E-state index is -0.974. The predicted molar refractivity (Wildman–Crippen MR) is 71.3 cm³/mol. The van der Waals surface area contributed by atoms with Gasteiger partial charge in [-0.3, -0.25) is 14.3 Å². The van der Waals surface area contributed by atoms with Crippen LogP contribution < -0.4 is 5.32 Å². The average Bonchev–Trinajstić information content (AvgIpc) is 2.95. The molecular formula is C13H19N3O4. The van der Waals surface area contributed by atoms with E-state index in [0.29, 0.717) is 18.7 Å². The van der Waals surface area contributed by atoms with E-state index in [1.165, 1.54) is 10.9 Å². The van der Waals surface area contributed by atoms with Crippen molar-refractivity contribution in [2.45, 2.75) is 51.4 Å². The van der Waals surface area contributed by atoms with Gasteiger partial charge in [-0.15, -0.1) is 0 Å². The zero-order valence-corrected chi connectivity index (χ0v) is 11.4. The lowest BCUT2D eigenvalue weighted by Crippen LogP contribution is -2.16. The van der Waals surface area contributed by atoms with Crippen molar-refractivity contribution >= 4 is 17.7 Å². The van der Waals surface area contributed by atoms with E-state index in [4.69, 9.17) is 9.84 Å². The molecule has 2 N–H and O–H groups in total. The predicted octanol–water partition coefficient (Wildman–Crippen LogP) is 1.25. The van der Waals surface area contributed by atoms with Crippen molar-refractivity contribution in [2.24, 2.45) is 0 Å². The molecule has 1 aromatic rings. The molecule has 1 saturated heterocycles. The Hall–Kier alpha value is -1.89. The Balaban J connectivity index is 1.73. The number of hydrogen-bond acceptors (Lipinski definition) is 4. The van der Waals surface area contributed by atoms with Gasteiger partial charge in [-0.2, -0.15) is 5.10 Å². The lowest BCUT2D eigenvalue weighted by molar-refractivity contribution is -0.137. The van der Waals surface area contributed by atoms with E-state index >= 15 is 0 Å². The highest BCUT2D eigenvalue weighted by Gasteiger charge is 2.22. The van der Waals surface area contributed by atoms with Crippen LogP contribution in [0.1, 0.15) is 32.6 Å². The second-order valence-electron chi connectivity index (χ2n) is 5.03. The molecule has 0 aromatic carbocycles. The number of aliphatic carboxylic acids is 1. The maximum Gasteiger partial charge on any atom is 0.325 e. The maximum absolute atomic E-state index is 11.7. The standard InChI is InChI=1S/C13H19N3O4/c1-9-2-3-10(20-9)4-5-12(17)14-11-6-7-16(15-11)8-13(18)19/h6-7,9-10H,2-5,8H2,1H3,(H,18,19)(H,14,15,17)/t9-,10-/m1/s1. The number of carbonyl (C=O) groups is 2. The zero-order chi connectivity index (χ0) is 14.5. The van der Waals surface area contributed by atoms with Gasteiger partial charge >= 0.3 is 5.97 Å². The molecule has 1 aromatic heterocycles. The summed E-state index contributed by atoms with van der Waals surface area (Å²) in [5.74, 6) is -0.732. The molecule has 2 rings (SSSR count). The van der Waals surface area contributed by atoms with Crippen molar-refractivity contribution < 1.29 is 19.4 Å². The highest BCUT2D eigenvalue weighted by molar-refractivity contribution is 5.89. The van der Waals surface area contributed by atoms with Crippen LogP contribution >= 0.6 is 0 Å². The molecule has 0 aliphatic carbocycles. The van der Waals surface area contributed by atoms with Crippen molar-refractivity contribution in [1.29, 1.82) is 0 Å². The number of aromatic nitrogens is 2. The molecule has 0 spiro atoms. The number of nitrogens with zero attached hydrogens (tertiary/aromatic N) is 2. The molecular weight excluding hydrogens is 262 g/mol. The Labute approximate surface area is 116 Å². The van der Waals surface area contributed by atoms with Gasteiger partial charge in [0.1, 0.15) is 6.54 Å². The molecule has 2 heterocycles. The third-order valence-corrected chi connectivity index (χ3v) is 3.22. The molecule has 7 nitrogen and oxygen atoms in total. The van der Waals surface area contributed by atoms with Gasteiger partial charge in [-0.25, -0.2) is 0 Å². The first-order valence-electron chi connectivity index (χ1n) is 6.73. The van der Waals surface area contributed by atoms with Crippen LogP contribution in [-0.2, 0) is 20.9 Å². The molecule has 1 amide bonds. The Morgan fingerprint density at radius 1 is 1.55 bits per heavy atom. The van der Waals surface area contributed by atoms with Crippen molar-refractivity contribution in [2.75, 3.05) is 5.32 Å². The van der Waals surface area contributed by atoms with Crippen LogP contribution in [0, 0.1) is 0 Å². The highest BCUT2D eigenvalue weighted by Crippen LogP contribution is 2.22. The van der Waals surface area contributed by atoms with E-state index in [9.17, 15) is 9.59 Å². The fourth-order valence-corrected chi connectivity index (χ4v) is 2.25. The quantitative estimate of drug-likeness (QED) is 0.818. The number of ether oxygens (including phenoxy) is 1. The van der Waals surface area contributed by atoms with Crippen LogP contribution in [-0.4, -0.2) is 39.0 Å². The van der Waals surface area contributed by atoms with Crippen LogP contribution in [0.15, 0.2) is 12.3 Å². The molecule has 0 unspecified atom stereocenters. The number of nitrogens with one attached hydrogen (secondary N) is 1. The van der Waals surface area contributed by atoms with Crippen molar-refractivity contribution in [1.82, 2.24) is 9.78 Å². The number of hydrogen-bond donors (Lipinski definition) is 2. The molecule has 2 atom stereocenters. The highest BCUT2D eigenvalue weighted by atomic mass is 16.5. The average molecular weight is 281 g/mol. The summed E-state index contributed by atoms with van der Waals surface area (Å²) in [6.45, 7) is 1.82. The van der Waals surface area contributed by atoms with Gasteiger partial charge in [0.2, 0.25) is 5.91 Å². The first-order valence-corrected chi connectivity index (χ1v) is 6.73. The minimum Gasteiger partial charge on any atom is -0.480 e. The van der Waals surface area contributed by atoms with Gasteiger partial charge in [0.05, 0.1) is 12.2 Å². The summed E-state index contributed by atoms with van der Waals surface area (Å²) in [6.07, 6.45) is 5.10. The van der Waals surface area contributed by atoms with Gasteiger partial charge in [0.25, 0.3) is 0 Å². The van der Waals surface area contributed by atoms with Gasteiger partial charge in [-0.1, -0.05) is 0 Å². The van der Waals surface area contributed by atoms with E-state index in [-0.39, 0.29) is 24.7 Å². The fraction of sp³-hybridized carbons (Fsp3) is 0.615. The van der Waals surface area contributed by atoms with Gasteiger partial charge in [0, 0.05) is 18.7 Å². The van der Waals surface area contributed by atoms with Crippen LogP contribution in [0.5, 0.6) is 0 Å². The number of amides is 1. The Kier molecular flexibility index (Phi) is 4.73. The number of rotatable bonds is 6. The second-order valence-corrected chi connectivity index (χ2v) is 5.03. The molecule has 1 fully saturated rings. The Bertz CT molecular complexity index is 486. The topological polar surface area (TPSA) is 93.5 Å². The maximum atomic E-state index is 11.7. The number of anilines is 1.